The molecule has 1 N–H and O–H groups in total. The molecule has 1 aliphatic carbocycles. The standard InChI is InChI=1S/C22H22N3O2S/c26-21(17-11-13-19(14-12-17)27-18-9-5-2-6-10-18)23-22-25-24-20(28-22)15-16-7-3-1-4-8-16/h1-4,7-8,11-14,18H,5-6,9-10,15H2,(H,23,25,26). The third-order valence-corrected chi connectivity index (χ3v) is 5.53. The number of hydrogen-bond acceptors (Lipinski definition) is 5. The summed E-state index contributed by atoms with van der Waals surface area (Å²) >= 11 is 1.40. The second-order valence-electron chi connectivity index (χ2n) is 6.83. The minimum Gasteiger partial charge on any atom is -0.490 e. The summed E-state index contributed by atoms with van der Waals surface area (Å²) in [5.74, 6) is 0.616. The van der Waals surface area contributed by atoms with Crippen molar-refractivity contribution in [2.24, 2.45) is 0 Å². The minimum atomic E-state index is -0.193. The number of ether oxygens (including phenoxy) is 1. The first-order valence-corrected chi connectivity index (χ1v) is 10.3. The maximum absolute atomic E-state index is 12.5. The quantitative estimate of drug-likeness (QED) is 0.648. The smallest absolute Gasteiger partial charge is 0.257 e. The van der Waals surface area contributed by atoms with Gasteiger partial charge in [-0.15, -0.1) is 10.2 Å². The lowest BCUT2D eigenvalue weighted by Gasteiger charge is -2.22. The van der Waals surface area contributed by atoms with Crippen LogP contribution in [-0.4, -0.2) is 22.2 Å². The molecule has 4 rings (SSSR count). The van der Waals surface area contributed by atoms with Gasteiger partial charge in [-0.3, -0.25) is 10.1 Å². The molecule has 0 atom stereocenters. The first-order chi connectivity index (χ1) is 13.8. The topological polar surface area (TPSA) is 64.1 Å². The molecule has 5 nitrogen and oxygen atoms in total. The highest BCUT2D eigenvalue weighted by molar-refractivity contribution is 7.15. The Morgan fingerprint density at radius 3 is 2.54 bits per heavy atom. The third-order valence-electron chi connectivity index (χ3n) is 4.69. The van der Waals surface area contributed by atoms with Gasteiger partial charge in [0.2, 0.25) is 5.13 Å². The van der Waals surface area contributed by atoms with E-state index in [0.717, 1.165) is 36.4 Å². The molecule has 1 aliphatic rings. The van der Waals surface area contributed by atoms with E-state index in [1.165, 1.54) is 16.9 Å². The minimum absolute atomic E-state index is 0.193. The third kappa shape index (κ3) is 4.95. The number of hydrogen-bond donors (Lipinski definition) is 1. The Labute approximate surface area is 168 Å². The summed E-state index contributed by atoms with van der Waals surface area (Å²) in [6.07, 6.45) is 7.63. The number of amides is 1. The van der Waals surface area contributed by atoms with Crippen molar-refractivity contribution in [2.45, 2.75) is 38.2 Å². The van der Waals surface area contributed by atoms with Gasteiger partial charge in [-0.25, -0.2) is 0 Å². The first kappa shape index (κ1) is 18.6. The molecule has 1 saturated carbocycles. The average Bonchev–Trinajstić information content (AvgIpc) is 3.17. The SMILES string of the molecule is O=C(Nc1nnc(Cc2ccccc2)s1)c1ccc(OC2CC[CH]CC2)cc1. The molecule has 1 heterocycles. The summed E-state index contributed by atoms with van der Waals surface area (Å²) in [4.78, 5) is 12.5. The van der Waals surface area contributed by atoms with E-state index in [1.807, 2.05) is 30.3 Å². The molecule has 0 aliphatic heterocycles. The molecule has 6 heteroatoms. The lowest BCUT2D eigenvalue weighted by Crippen LogP contribution is -2.19. The molecule has 1 radical (unpaired) electrons. The van der Waals surface area contributed by atoms with Crippen LogP contribution in [0.5, 0.6) is 5.75 Å². The zero-order valence-electron chi connectivity index (χ0n) is 15.5. The number of rotatable bonds is 6. The molecular weight excluding hydrogens is 370 g/mol. The zero-order valence-corrected chi connectivity index (χ0v) is 16.3. The van der Waals surface area contributed by atoms with Crippen molar-refractivity contribution in [2.75, 3.05) is 5.32 Å². The molecule has 0 bridgehead atoms. The van der Waals surface area contributed by atoms with Gasteiger partial charge < -0.3 is 4.74 Å². The van der Waals surface area contributed by atoms with E-state index in [9.17, 15) is 4.79 Å². The van der Waals surface area contributed by atoms with Gasteiger partial charge in [-0.05, 0) is 61.9 Å². The Morgan fingerprint density at radius 2 is 1.79 bits per heavy atom. The predicted molar refractivity (Wildman–Crippen MR) is 111 cm³/mol. The van der Waals surface area contributed by atoms with Gasteiger partial charge in [-0.2, -0.15) is 0 Å². The van der Waals surface area contributed by atoms with E-state index in [0.29, 0.717) is 17.1 Å². The normalized spacial score (nSPS) is 14.6. The molecule has 0 unspecified atom stereocenters. The average molecular weight is 393 g/mol. The van der Waals surface area contributed by atoms with Crippen LogP contribution in [0.2, 0.25) is 0 Å². The fourth-order valence-corrected chi connectivity index (χ4v) is 3.98. The molecule has 28 heavy (non-hydrogen) atoms. The van der Waals surface area contributed by atoms with E-state index in [2.05, 4.69) is 34.1 Å². The van der Waals surface area contributed by atoms with E-state index in [4.69, 9.17) is 4.74 Å². The van der Waals surface area contributed by atoms with Crippen molar-refractivity contribution < 1.29 is 9.53 Å². The van der Waals surface area contributed by atoms with Gasteiger partial charge in [0.05, 0.1) is 6.10 Å². The molecule has 0 spiro atoms. The number of benzene rings is 2. The highest BCUT2D eigenvalue weighted by Gasteiger charge is 2.15. The molecular formula is C22H22N3O2S. The van der Waals surface area contributed by atoms with E-state index in [1.54, 1.807) is 12.1 Å². The number of carbonyl (C=O) groups excluding carboxylic acids is 1. The van der Waals surface area contributed by atoms with Crippen LogP contribution in [0.15, 0.2) is 54.6 Å². The van der Waals surface area contributed by atoms with Crippen molar-refractivity contribution in [3.8, 4) is 5.75 Å². The van der Waals surface area contributed by atoms with E-state index >= 15 is 0 Å². The van der Waals surface area contributed by atoms with Gasteiger partial charge >= 0.3 is 0 Å². The summed E-state index contributed by atoms with van der Waals surface area (Å²) in [7, 11) is 0. The largest absolute Gasteiger partial charge is 0.490 e. The lowest BCUT2D eigenvalue weighted by atomic mass is 9.98. The molecule has 143 valence electrons. The van der Waals surface area contributed by atoms with Crippen LogP contribution in [0.25, 0.3) is 0 Å². The Balaban J connectivity index is 1.33. The number of aromatic nitrogens is 2. The Bertz CT molecular complexity index is 903. The summed E-state index contributed by atoms with van der Waals surface area (Å²) < 4.78 is 6.00. The van der Waals surface area contributed by atoms with Crippen LogP contribution in [0, 0.1) is 6.42 Å². The molecule has 3 aromatic rings. The number of carbonyl (C=O) groups is 1. The lowest BCUT2D eigenvalue weighted by molar-refractivity contribution is 0.102. The molecule has 1 aromatic heterocycles. The van der Waals surface area contributed by atoms with Crippen molar-refractivity contribution in [3.63, 3.8) is 0 Å². The van der Waals surface area contributed by atoms with Crippen LogP contribution in [0.1, 0.15) is 46.6 Å². The van der Waals surface area contributed by atoms with Crippen molar-refractivity contribution in [1.82, 2.24) is 10.2 Å². The molecule has 1 amide bonds. The Morgan fingerprint density at radius 1 is 1.04 bits per heavy atom. The van der Waals surface area contributed by atoms with Crippen molar-refractivity contribution in [3.05, 3.63) is 77.2 Å². The van der Waals surface area contributed by atoms with Gasteiger partial charge in [0.1, 0.15) is 10.8 Å². The van der Waals surface area contributed by atoms with Crippen LogP contribution < -0.4 is 10.1 Å². The van der Waals surface area contributed by atoms with Crippen LogP contribution in [0.4, 0.5) is 5.13 Å². The van der Waals surface area contributed by atoms with Crippen LogP contribution in [0.3, 0.4) is 0 Å². The molecule has 2 aromatic carbocycles. The molecule has 1 fully saturated rings. The van der Waals surface area contributed by atoms with Crippen LogP contribution in [-0.2, 0) is 6.42 Å². The van der Waals surface area contributed by atoms with E-state index < -0.39 is 0 Å². The second-order valence-corrected chi connectivity index (χ2v) is 7.89. The van der Waals surface area contributed by atoms with Gasteiger partial charge in [0.25, 0.3) is 5.91 Å². The van der Waals surface area contributed by atoms with Crippen molar-refractivity contribution >= 4 is 22.4 Å². The maximum Gasteiger partial charge on any atom is 0.257 e. The zero-order chi connectivity index (χ0) is 19.2. The van der Waals surface area contributed by atoms with Gasteiger partial charge in [0, 0.05) is 12.0 Å². The number of anilines is 1. The number of nitrogens with zero attached hydrogens (tertiary/aromatic N) is 2. The summed E-state index contributed by atoms with van der Waals surface area (Å²) in [6, 6.07) is 17.4. The van der Waals surface area contributed by atoms with E-state index in [-0.39, 0.29) is 12.0 Å². The highest BCUT2D eigenvalue weighted by atomic mass is 32.1. The van der Waals surface area contributed by atoms with Crippen molar-refractivity contribution in [1.29, 1.82) is 0 Å². The summed E-state index contributed by atoms with van der Waals surface area (Å²) in [5.41, 5.74) is 1.74. The Kier molecular flexibility index (Phi) is 5.97. The molecule has 0 saturated heterocycles. The first-order valence-electron chi connectivity index (χ1n) is 9.52. The predicted octanol–water partition coefficient (Wildman–Crippen LogP) is 4.91. The fraction of sp³-hybridized carbons (Fsp3) is 0.273. The summed E-state index contributed by atoms with van der Waals surface area (Å²) in [6.45, 7) is 0. The summed E-state index contributed by atoms with van der Waals surface area (Å²) in [5, 5.41) is 12.5. The van der Waals surface area contributed by atoms with Gasteiger partial charge in [-0.1, -0.05) is 41.7 Å². The highest BCUT2D eigenvalue weighted by Crippen LogP contribution is 2.24. The fourth-order valence-electron chi connectivity index (χ4n) is 3.21. The van der Waals surface area contributed by atoms with Gasteiger partial charge in [0.15, 0.2) is 0 Å². The monoisotopic (exact) mass is 392 g/mol. The maximum atomic E-state index is 12.5. The Hall–Kier alpha value is -2.73. The number of nitrogens with one attached hydrogen (secondary N) is 1. The second kappa shape index (κ2) is 8.97. The van der Waals surface area contributed by atoms with Crippen LogP contribution >= 0.6 is 11.3 Å².